The molecule has 0 amide bonds. The first-order valence-corrected chi connectivity index (χ1v) is 9.30. The molecule has 7 heteroatoms. The summed E-state index contributed by atoms with van der Waals surface area (Å²) in [7, 11) is 1.55. The molecule has 148 valence electrons. The first-order chi connectivity index (χ1) is 12.2. The van der Waals surface area contributed by atoms with Gasteiger partial charge in [0.25, 0.3) is 0 Å². The van der Waals surface area contributed by atoms with Crippen molar-refractivity contribution in [2.24, 2.45) is 4.99 Å². The monoisotopic (exact) mass is 476 g/mol. The van der Waals surface area contributed by atoms with Crippen LogP contribution in [-0.4, -0.2) is 55.3 Å². The zero-order valence-corrected chi connectivity index (χ0v) is 18.5. The number of ether oxygens (including phenoxy) is 1. The number of aromatic hydroxyl groups is 1. The Morgan fingerprint density at radius 2 is 2.04 bits per heavy atom. The first kappa shape index (κ1) is 22.8. The summed E-state index contributed by atoms with van der Waals surface area (Å²) in [5.74, 6) is 1.45. The van der Waals surface area contributed by atoms with Crippen LogP contribution in [0, 0.1) is 0 Å². The number of benzene rings is 1. The van der Waals surface area contributed by atoms with Gasteiger partial charge in [0.15, 0.2) is 17.5 Å². The minimum Gasteiger partial charge on any atom is -0.504 e. The number of methoxy groups -OCH3 is 1. The van der Waals surface area contributed by atoms with Gasteiger partial charge in [-0.25, -0.2) is 4.99 Å². The van der Waals surface area contributed by atoms with Gasteiger partial charge in [0.2, 0.25) is 0 Å². The summed E-state index contributed by atoms with van der Waals surface area (Å²) >= 11 is 0. The van der Waals surface area contributed by atoms with Crippen LogP contribution in [0.5, 0.6) is 11.5 Å². The molecule has 0 atom stereocenters. The maximum absolute atomic E-state index is 10.2. The summed E-state index contributed by atoms with van der Waals surface area (Å²) in [5, 5.41) is 17.0. The molecule has 6 nitrogen and oxygen atoms in total. The van der Waals surface area contributed by atoms with Crippen molar-refractivity contribution in [1.82, 2.24) is 15.5 Å². The molecule has 1 aliphatic heterocycles. The van der Waals surface area contributed by atoms with Crippen LogP contribution in [0.25, 0.3) is 0 Å². The smallest absolute Gasteiger partial charge is 0.191 e. The molecule has 0 spiro atoms. The first-order valence-electron chi connectivity index (χ1n) is 9.30. The Kier molecular flexibility index (Phi) is 10.7. The van der Waals surface area contributed by atoms with E-state index in [9.17, 15) is 5.11 Å². The number of likely N-dealkylation sites (tertiary alicyclic amines) is 1. The van der Waals surface area contributed by atoms with Crippen molar-refractivity contribution >= 4 is 29.9 Å². The topological polar surface area (TPSA) is 69.1 Å². The fourth-order valence-electron chi connectivity index (χ4n) is 3.15. The van der Waals surface area contributed by atoms with E-state index in [1.807, 2.05) is 12.1 Å². The number of nitrogens with zero attached hydrogens (tertiary/aromatic N) is 2. The van der Waals surface area contributed by atoms with Gasteiger partial charge in [-0.15, -0.1) is 24.0 Å². The number of rotatable bonds is 7. The van der Waals surface area contributed by atoms with Gasteiger partial charge < -0.3 is 25.4 Å². The molecule has 1 aromatic carbocycles. The van der Waals surface area contributed by atoms with Crippen LogP contribution in [0.4, 0.5) is 0 Å². The molecule has 1 aromatic rings. The SMILES string of the molecule is CCCN1CCC(NC(=NCc2cccc(OC)c2O)NCC)CC1.I. The van der Waals surface area contributed by atoms with Gasteiger partial charge in [-0.2, -0.15) is 0 Å². The second-order valence-corrected chi connectivity index (χ2v) is 6.42. The van der Waals surface area contributed by atoms with Crippen molar-refractivity contribution < 1.29 is 9.84 Å². The molecule has 1 aliphatic rings. The van der Waals surface area contributed by atoms with Crippen LogP contribution in [0.3, 0.4) is 0 Å². The zero-order chi connectivity index (χ0) is 18.1. The maximum Gasteiger partial charge on any atom is 0.191 e. The standard InChI is InChI=1S/C19H32N4O2.HI/c1-4-11-23-12-9-16(10-13-23)22-19(20-5-2)21-14-15-7-6-8-17(25-3)18(15)24;/h6-8,16,24H,4-5,9-14H2,1-3H3,(H2,20,21,22);1H. The van der Waals surface area contributed by atoms with Crippen LogP contribution in [0.1, 0.15) is 38.7 Å². The number of para-hydroxylation sites is 1. The van der Waals surface area contributed by atoms with Crippen molar-refractivity contribution in [2.45, 2.75) is 45.7 Å². The summed E-state index contributed by atoms with van der Waals surface area (Å²) in [6, 6.07) is 5.93. The van der Waals surface area contributed by atoms with E-state index < -0.39 is 0 Å². The number of guanidine groups is 1. The van der Waals surface area contributed by atoms with Gasteiger partial charge in [0.05, 0.1) is 13.7 Å². The second kappa shape index (κ2) is 12.2. The number of phenols is 1. The molecular formula is C19H33IN4O2. The van der Waals surface area contributed by atoms with E-state index in [0.717, 1.165) is 44.0 Å². The molecule has 1 saturated heterocycles. The van der Waals surface area contributed by atoms with Gasteiger partial charge in [-0.05, 0) is 38.8 Å². The van der Waals surface area contributed by atoms with Crippen molar-refractivity contribution in [2.75, 3.05) is 33.3 Å². The van der Waals surface area contributed by atoms with E-state index in [4.69, 9.17) is 4.74 Å². The predicted octanol–water partition coefficient (Wildman–Crippen LogP) is 2.95. The highest BCUT2D eigenvalue weighted by molar-refractivity contribution is 14.0. The maximum atomic E-state index is 10.2. The highest BCUT2D eigenvalue weighted by Crippen LogP contribution is 2.29. The molecule has 1 fully saturated rings. The van der Waals surface area contributed by atoms with Crippen LogP contribution in [0.2, 0.25) is 0 Å². The molecular weight excluding hydrogens is 443 g/mol. The number of piperidine rings is 1. The van der Waals surface area contributed by atoms with Crippen molar-refractivity contribution in [1.29, 1.82) is 0 Å². The number of nitrogens with one attached hydrogen (secondary N) is 2. The lowest BCUT2D eigenvalue weighted by Crippen LogP contribution is -2.48. The Morgan fingerprint density at radius 1 is 1.31 bits per heavy atom. The molecule has 0 radical (unpaired) electrons. The van der Waals surface area contributed by atoms with Gasteiger partial charge >= 0.3 is 0 Å². The molecule has 3 N–H and O–H groups in total. The highest BCUT2D eigenvalue weighted by atomic mass is 127. The minimum atomic E-state index is 0. The molecule has 0 bridgehead atoms. The van der Waals surface area contributed by atoms with Crippen LogP contribution in [-0.2, 0) is 6.54 Å². The third kappa shape index (κ3) is 6.83. The van der Waals surface area contributed by atoms with Gasteiger partial charge in [-0.3, -0.25) is 0 Å². The molecule has 0 saturated carbocycles. The number of phenolic OH excluding ortho intramolecular Hbond substituents is 1. The third-order valence-electron chi connectivity index (χ3n) is 4.52. The molecule has 0 unspecified atom stereocenters. The Bertz CT molecular complexity index is 560. The number of aliphatic imine (C=N–C) groups is 1. The van der Waals surface area contributed by atoms with Gasteiger partial charge in [0.1, 0.15) is 0 Å². The minimum absolute atomic E-state index is 0. The summed E-state index contributed by atoms with van der Waals surface area (Å²) in [6.07, 6.45) is 3.48. The van der Waals surface area contributed by atoms with Gasteiger partial charge in [0, 0.05) is 31.2 Å². The predicted molar refractivity (Wildman–Crippen MR) is 118 cm³/mol. The summed E-state index contributed by atoms with van der Waals surface area (Å²) in [6.45, 7) is 8.98. The van der Waals surface area contributed by atoms with E-state index >= 15 is 0 Å². The second-order valence-electron chi connectivity index (χ2n) is 6.42. The molecule has 26 heavy (non-hydrogen) atoms. The third-order valence-corrected chi connectivity index (χ3v) is 4.52. The van der Waals surface area contributed by atoms with Crippen LogP contribution >= 0.6 is 24.0 Å². The fraction of sp³-hybridized carbons (Fsp3) is 0.632. The molecule has 1 heterocycles. The Labute approximate surface area is 174 Å². The normalized spacial score (nSPS) is 16.0. The quantitative estimate of drug-likeness (QED) is 0.321. The Morgan fingerprint density at radius 3 is 2.65 bits per heavy atom. The average Bonchev–Trinajstić information content (AvgIpc) is 2.62. The Balaban J connectivity index is 0.00000338. The zero-order valence-electron chi connectivity index (χ0n) is 16.1. The van der Waals surface area contributed by atoms with Gasteiger partial charge in [-0.1, -0.05) is 19.1 Å². The van der Waals surface area contributed by atoms with E-state index in [2.05, 4.69) is 34.4 Å². The number of hydrogen-bond donors (Lipinski definition) is 3. The van der Waals surface area contributed by atoms with Crippen molar-refractivity contribution in [3.8, 4) is 11.5 Å². The lowest BCUT2D eigenvalue weighted by atomic mass is 10.1. The van der Waals surface area contributed by atoms with Crippen molar-refractivity contribution in [3.63, 3.8) is 0 Å². The van der Waals surface area contributed by atoms with Crippen LogP contribution in [0.15, 0.2) is 23.2 Å². The largest absolute Gasteiger partial charge is 0.504 e. The Hall–Kier alpha value is -1.22. The summed E-state index contributed by atoms with van der Waals surface area (Å²) < 4.78 is 5.16. The van der Waals surface area contributed by atoms with E-state index in [-0.39, 0.29) is 29.7 Å². The number of halogens is 1. The number of hydrogen-bond acceptors (Lipinski definition) is 4. The summed E-state index contributed by atoms with van der Waals surface area (Å²) in [5.41, 5.74) is 0.759. The van der Waals surface area contributed by atoms with Crippen molar-refractivity contribution in [3.05, 3.63) is 23.8 Å². The fourth-order valence-corrected chi connectivity index (χ4v) is 3.15. The highest BCUT2D eigenvalue weighted by Gasteiger charge is 2.19. The lowest BCUT2D eigenvalue weighted by molar-refractivity contribution is 0.206. The molecule has 0 aromatic heterocycles. The van der Waals surface area contributed by atoms with Crippen LogP contribution < -0.4 is 15.4 Å². The molecule has 2 rings (SSSR count). The summed E-state index contributed by atoms with van der Waals surface area (Å²) in [4.78, 5) is 7.16. The lowest BCUT2D eigenvalue weighted by Gasteiger charge is -2.32. The van der Waals surface area contributed by atoms with E-state index in [1.165, 1.54) is 13.0 Å². The van der Waals surface area contributed by atoms with E-state index in [0.29, 0.717) is 18.3 Å². The average molecular weight is 476 g/mol. The molecule has 0 aliphatic carbocycles. The van der Waals surface area contributed by atoms with E-state index in [1.54, 1.807) is 13.2 Å².